The van der Waals surface area contributed by atoms with Gasteiger partial charge in [0.05, 0.1) is 19.5 Å². The van der Waals surface area contributed by atoms with E-state index < -0.39 is 5.97 Å². The van der Waals surface area contributed by atoms with Crippen LogP contribution in [0.5, 0.6) is 0 Å². The van der Waals surface area contributed by atoms with Gasteiger partial charge in [0.25, 0.3) is 0 Å². The van der Waals surface area contributed by atoms with E-state index >= 15 is 0 Å². The molecule has 0 N–H and O–H groups in total. The number of aromatic nitrogens is 2. The summed E-state index contributed by atoms with van der Waals surface area (Å²) in [5.41, 5.74) is 0.252. The number of hydrogen-bond donors (Lipinski definition) is 0. The molecule has 0 spiro atoms. The molecule has 6 heteroatoms. The van der Waals surface area contributed by atoms with Gasteiger partial charge in [-0.2, -0.15) is 0 Å². The highest BCUT2D eigenvalue weighted by molar-refractivity contribution is 5.86. The van der Waals surface area contributed by atoms with Gasteiger partial charge in [-0.05, 0) is 26.3 Å². The third-order valence-electron chi connectivity index (χ3n) is 4.22. The number of carbonyl (C=O) groups is 1. The van der Waals surface area contributed by atoms with E-state index in [-0.39, 0.29) is 5.69 Å². The Labute approximate surface area is 118 Å². The second-order valence-corrected chi connectivity index (χ2v) is 5.54. The molecule has 6 nitrogen and oxygen atoms in total. The molecule has 1 aromatic heterocycles. The molecule has 0 radical (unpaired) electrons. The zero-order valence-electron chi connectivity index (χ0n) is 12.0. The Morgan fingerprint density at radius 1 is 1.30 bits per heavy atom. The molecule has 0 aromatic carbocycles. The molecule has 1 aromatic rings. The van der Waals surface area contributed by atoms with E-state index in [0.29, 0.717) is 6.04 Å². The van der Waals surface area contributed by atoms with Crippen LogP contribution in [-0.2, 0) is 4.74 Å². The molecule has 1 aliphatic carbocycles. The number of esters is 1. The van der Waals surface area contributed by atoms with E-state index in [1.165, 1.54) is 26.1 Å². The lowest BCUT2D eigenvalue weighted by atomic mass is 10.2. The Morgan fingerprint density at radius 3 is 2.70 bits per heavy atom. The third kappa shape index (κ3) is 2.60. The SMILES string of the molecule is COC(=O)c1cnc(N2CC[C@@H](N(C)C3CC3)C2)cn1. The first-order valence-corrected chi connectivity index (χ1v) is 7.06. The molecule has 1 saturated carbocycles. The first kappa shape index (κ1) is 13.3. The summed E-state index contributed by atoms with van der Waals surface area (Å²) in [5, 5.41) is 0. The molecule has 0 bridgehead atoms. The summed E-state index contributed by atoms with van der Waals surface area (Å²) in [6, 6.07) is 1.39. The van der Waals surface area contributed by atoms with E-state index in [9.17, 15) is 4.79 Å². The highest BCUT2D eigenvalue weighted by atomic mass is 16.5. The van der Waals surface area contributed by atoms with Crippen LogP contribution < -0.4 is 4.90 Å². The van der Waals surface area contributed by atoms with Crippen molar-refractivity contribution >= 4 is 11.8 Å². The Morgan fingerprint density at radius 2 is 2.10 bits per heavy atom. The zero-order chi connectivity index (χ0) is 14.1. The minimum Gasteiger partial charge on any atom is -0.464 e. The number of likely N-dealkylation sites (N-methyl/N-ethyl adjacent to an activating group) is 1. The van der Waals surface area contributed by atoms with E-state index in [0.717, 1.165) is 31.4 Å². The highest BCUT2D eigenvalue weighted by Gasteiger charge is 2.35. The fourth-order valence-electron chi connectivity index (χ4n) is 2.76. The van der Waals surface area contributed by atoms with Gasteiger partial charge in [0, 0.05) is 25.2 Å². The van der Waals surface area contributed by atoms with Crippen LogP contribution in [0, 0.1) is 0 Å². The van der Waals surface area contributed by atoms with Crippen molar-refractivity contribution in [1.29, 1.82) is 0 Å². The normalized spacial score (nSPS) is 22.4. The average Bonchev–Trinajstić information content (AvgIpc) is 3.23. The van der Waals surface area contributed by atoms with Gasteiger partial charge in [-0.1, -0.05) is 0 Å². The topological polar surface area (TPSA) is 58.6 Å². The van der Waals surface area contributed by atoms with Crippen LogP contribution in [0.2, 0.25) is 0 Å². The summed E-state index contributed by atoms with van der Waals surface area (Å²) in [6.45, 7) is 1.98. The Hall–Kier alpha value is -1.69. The van der Waals surface area contributed by atoms with Crippen molar-refractivity contribution in [2.45, 2.75) is 31.3 Å². The first-order valence-electron chi connectivity index (χ1n) is 7.06. The van der Waals surface area contributed by atoms with Crippen molar-refractivity contribution in [2.24, 2.45) is 0 Å². The fraction of sp³-hybridized carbons (Fsp3) is 0.643. The third-order valence-corrected chi connectivity index (χ3v) is 4.22. The number of nitrogens with zero attached hydrogens (tertiary/aromatic N) is 4. The number of ether oxygens (including phenoxy) is 1. The number of carbonyl (C=O) groups excluding carboxylic acids is 1. The van der Waals surface area contributed by atoms with Gasteiger partial charge in [-0.3, -0.25) is 4.90 Å². The van der Waals surface area contributed by atoms with Crippen molar-refractivity contribution in [3.05, 3.63) is 18.1 Å². The lowest BCUT2D eigenvalue weighted by Gasteiger charge is -2.24. The fourth-order valence-corrected chi connectivity index (χ4v) is 2.76. The van der Waals surface area contributed by atoms with Gasteiger partial charge in [-0.25, -0.2) is 14.8 Å². The van der Waals surface area contributed by atoms with Crippen LogP contribution in [0.4, 0.5) is 5.82 Å². The maximum atomic E-state index is 11.3. The molecule has 0 unspecified atom stereocenters. The predicted molar refractivity (Wildman–Crippen MR) is 74.8 cm³/mol. The first-order chi connectivity index (χ1) is 9.69. The number of hydrogen-bond acceptors (Lipinski definition) is 6. The summed E-state index contributed by atoms with van der Waals surface area (Å²) in [6.07, 6.45) is 6.97. The minimum atomic E-state index is -0.447. The molecule has 1 saturated heterocycles. The molecule has 3 rings (SSSR count). The van der Waals surface area contributed by atoms with Crippen molar-refractivity contribution in [2.75, 3.05) is 32.1 Å². The lowest BCUT2D eigenvalue weighted by Crippen LogP contribution is -2.36. The second-order valence-electron chi connectivity index (χ2n) is 5.54. The van der Waals surface area contributed by atoms with Gasteiger partial charge in [0.15, 0.2) is 5.69 Å². The second kappa shape index (κ2) is 5.36. The predicted octanol–water partition coefficient (Wildman–Crippen LogP) is 0.936. The Kier molecular flexibility index (Phi) is 3.56. The van der Waals surface area contributed by atoms with Crippen LogP contribution in [0.1, 0.15) is 29.8 Å². The van der Waals surface area contributed by atoms with Gasteiger partial charge in [0.2, 0.25) is 0 Å². The van der Waals surface area contributed by atoms with Crippen molar-refractivity contribution in [3.63, 3.8) is 0 Å². The molecule has 0 amide bonds. The smallest absolute Gasteiger partial charge is 0.358 e. The maximum Gasteiger partial charge on any atom is 0.358 e. The minimum absolute atomic E-state index is 0.252. The highest BCUT2D eigenvalue weighted by Crippen LogP contribution is 2.30. The van der Waals surface area contributed by atoms with Crippen molar-refractivity contribution in [1.82, 2.24) is 14.9 Å². The van der Waals surface area contributed by atoms with Gasteiger partial charge < -0.3 is 9.64 Å². The van der Waals surface area contributed by atoms with Gasteiger partial charge >= 0.3 is 5.97 Å². The number of methoxy groups -OCH3 is 1. The van der Waals surface area contributed by atoms with Crippen LogP contribution in [0.3, 0.4) is 0 Å². The molecule has 1 aliphatic heterocycles. The monoisotopic (exact) mass is 276 g/mol. The van der Waals surface area contributed by atoms with Crippen molar-refractivity contribution < 1.29 is 9.53 Å². The average molecular weight is 276 g/mol. The standard InChI is InChI=1S/C14H20N4O2/c1-17(10-3-4-10)11-5-6-18(9-11)13-8-15-12(7-16-13)14(19)20-2/h7-8,10-11H,3-6,9H2,1-2H3/t11-/m1/s1. The molecule has 2 heterocycles. The largest absolute Gasteiger partial charge is 0.464 e. The van der Waals surface area contributed by atoms with Crippen LogP contribution in [0.25, 0.3) is 0 Å². The van der Waals surface area contributed by atoms with E-state index in [4.69, 9.17) is 0 Å². The summed E-state index contributed by atoms with van der Waals surface area (Å²) in [4.78, 5) is 24.5. The summed E-state index contributed by atoms with van der Waals surface area (Å²) in [5.74, 6) is 0.390. The lowest BCUT2D eigenvalue weighted by molar-refractivity contribution is 0.0593. The van der Waals surface area contributed by atoms with Crippen molar-refractivity contribution in [3.8, 4) is 0 Å². The summed E-state index contributed by atoms with van der Waals surface area (Å²) >= 11 is 0. The quantitative estimate of drug-likeness (QED) is 0.763. The van der Waals surface area contributed by atoms with E-state index in [2.05, 4.69) is 31.6 Å². The van der Waals surface area contributed by atoms with E-state index in [1.54, 1.807) is 6.20 Å². The van der Waals surface area contributed by atoms with E-state index in [1.807, 2.05) is 0 Å². The molecular weight excluding hydrogens is 256 g/mol. The number of rotatable bonds is 4. The molecule has 1 atom stereocenters. The van der Waals surface area contributed by atoms with Crippen LogP contribution >= 0.6 is 0 Å². The van der Waals surface area contributed by atoms with Crippen LogP contribution in [0.15, 0.2) is 12.4 Å². The number of anilines is 1. The summed E-state index contributed by atoms with van der Waals surface area (Å²) in [7, 11) is 3.56. The Bertz CT molecular complexity index is 486. The van der Waals surface area contributed by atoms with Crippen LogP contribution in [-0.4, -0.2) is 60.2 Å². The zero-order valence-corrected chi connectivity index (χ0v) is 12.0. The van der Waals surface area contributed by atoms with Gasteiger partial charge in [-0.15, -0.1) is 0 Å². The molecule has 20 heavy (non-hydrogen) atoms. The Balaban J connectivity index is 1.63. The molecule has 2 fully saturated rings. The van der Waals surface area contributed by atoms with Gasteiger partial charge in [0.1, 0.15) is 5.82 Å². The molecular formula is C14H20N4O2. The molecule has 108 valence electrons. The molecule has 2 aliphatic rings. The summed E-state index contributed by atoms with van der Waals surface area (Å²) < 4.78 is 4.62. The maximum absolute atomic E-state index is 11.3.